The van der Waals surface area contributed by atoms with E-state index in [1.165, 1.54) is 11.1 Å². The Morgan fingerprint density at radius 1 is 1.15 bits per heavy atom. The van der Waals surface area contributed by atoms with Gasteiger partial charge in [-0.3, -0.25) is 0 Å². The van der Waals surface area contributed by atoms with Crippen molar-refractivity contribution in [3.8, 4) is 0 Å². The van der Waals surface area contributed by atoms with Crippen LogP contribution in [0.5, 0.6) is 0 Å². The van der Waals surface area contributed by atoms with E-state index in [1.54, 1.807) is 0 Å². The molecule has 0 amide bonds. The molecule has 0 heterocycles. The van der Waals surface area contributed by atoms with Gasteiger partial charge in [0.15, 0.2) is 0 Å². The topological polar surface area (TPSA) is 0 Å². The molecule has 0 aliphatic carbocycles. The predicted molar refractivity (Wildman–Crippen MR) is 61.0 cm³/mol. The first-order valence-electron chi connectivity index (χ1n) is 4.99. The third-order valence-corrected chi connectivity index (χ3v) is 1.76. The maximum Gasteiger partial charge on any atom is -0.0244 e. The van der Waals surface area contributed by atoms with Crippen LogP contribution in [0, 0.1) is 6.92 Å². The number of hydrogen-bond acceptors (Lipinski definition) is 0. The molecule has 0 nitrogen and oxygen atoms in total. The van der Waals surface area contributed by atoms with Gasteiger partial charge in [0.2, 0.25) is 0 Å². The van der Waals surface area contributed by atoms with Crippen molar-refractivity contribution in [1.82, 2.24) is 0 Å². The minimum atomic E-state index is 1.07. The van der Waals surface area contributed by atoms with E-state index in [9.17, 15) is 0 Å². The molecule has 72 valence electrons. The summed E-state index contributed by atoms with van der Waals surface area (Å²) in [7, 11) is 0. The Hall–Kier alpha value is -1.04. The van der Waals surface area contributed by atoms with Gasteiger partial charge in [0.1, 0.15) is 0 Å². The quantitative estimate of drug-likeness (QED) is 0.607. The lowest BCUT2D eigenvalue weighted by Gasteiger charge is -1.97. The molecule has 0 N–H and O–H groups in total. The van der Waals surface area contributed by atoms with E-state index in [-0.39, 0.29) is 0 Å². The molecule has 1 rings (SSSR count). The van der Waals surface area contributed by atoms with Gasteiger partial charge in [-0.1, -0.05) is 49.8 Å². The second-order valence-electron chi connectivity index (χ2n) is 2.81. The Morgan fingerprint density at radius 2 is 1.69 bits per heavy atom. The number of aryl methyl sites for hydroxylation is 2. The van der Waals surface area contributed by atoms with Gasteiger partial charge in [-0.2, -0.15) is 0 Å². The molecule has 0 spiro atoms. The standard InChI is InChI=1S/C11H14.C2H6/c1-3-4-5-11-8-6-10(2)7-9-11;1-2/h3,6-9H,1,4-5H2,2H3;1-2H3. The Balaban J connectivity index is 0.000000671. The number of benzene rings is 1. The van der Waals surface area contributed by atoms with E-state index in [2.05, 4.69) is 37.8 Å². The average Bonchev–Trinajstić information content (AvgIpc) is 2.20. The van der Waals surface area contributed by atoms with Gasteiger partial charge in [0.05, 0.1) is 0 Å². The molecule has 0 radical (unpaired) electrons. The molecular weight excluding hydrogens is 156 g/mol. The molecule has 0 saturated carbocycles. The molecule has 0 atom stereocenters. The van der Waals surface area contributed by atoms with Crippen LogP contribution in [0.3, 0.4) is 0 Å². The van der Waals surface area contributed by atoms with Crippen molar-refractivity contribution >= 4 is 0 Å². The summed E-state index contributed by atoms with van der Waals surface area (Å²) in [6, 6.07) is 8.66. The average molecular weight is 176 g/mol. The zero-order chi connectivity index (χ0) is 10.1. The first-order valence-corrected chi connectivity index (χ1v) is 4.99. The van der Waals surface area contributed by atoms with Crippen molar-refractivity contribution in [1.29, 1.82) is 0 Å². The number of rotatable bonds is 3. The zero-order valence-corrected chi connectivity index (χ0v) is 9.01. The molecule has 13 heavy (non-hydrogen) atoms. The van der Waals surface area contributed by atoms with Crippen molar-refractivity contribution in [3.05, 3.63) is 48.0 Å². The fourth-order valence-corrected chi connectivity index (χ4v) is 1.02. The van der Waals surface area contributed by atoms with Gasteiger partial charge in [-0.15, -0.1) is 6.58 Å². The van der Waals surface area contributed by atoms with Gasteiger partial charge in [0, 0.05) is 0 Å². The molecule has 0 aliphatic rings. The highest BCUT2D eigenvalue weighted by Gasteiger charge is 1.88. The molecule has 1 aromatic carbocycles. The fraction of sp³-hybridized carbons (Fsp3) is 0.385. The molecule has 0 saturated heterocycles. The van der Waals surface area contributed by atoms with Gasteiger partial charge < -0.3 is 0 Å². The monoisotopic (exact) mass is 176 g/mol. The molecule has 1 aromatic rings. The summed E-state index contributed by atoms with van der Waals surface area (Å²) in [5, 5.41) is 0. The van der Waals surface area contributed by atoms with Crippen LogP contribution >= 0.6 is 0 Å². The predicted octanol–water partition coefficient (Wildman–Crippen LogP) is 4.14. The summed E-state index contributed by atoms with van der Waals surface area (Å²) in [4.78, 5) is 0. The second-order valence-corrected chi connectivity index (χ2v) is 2.81. The second kappa shape index (κ2) is 7.60. The molecular formula is C13H20. The third-order valence-electron chi connectivity index (χ3n) is 1.76. The zero-order valence-electron chi connectivity index (χ0n) is 9.01. The molecule has 0 aromatic heterocycles. The highest BCUT2D eigenvalue weighted by Crippen LogP contribution is 2.05. The minimum Gasteiger partial charge on any atom is -0.103 e. The van der Waals surface area contributed by atoms with E-state index in [4.69, 9.17) is 0 Å². The third kappa shape index (κ3) is 5.24. The minimum absolute atomic E-state index is 1.07. The van der Waals surface area contributed by atoms with Crippen LogP contribution in [0.4, 0.5) is 0 Å². The summed E-state index contributed by atoms with van der Waals surface area (Å²) >= 11 is 0. The van der Waals surface area contributed by atoms with Crippen molar-refractivity contribution in [2.45, 2.75) is 33.6 Å². The summed E-state index contributed by atoms with van der Waals surface area (Å²) in [5.41, 5.74) is 2.72. The van der Waals surface area contributed by atoms with Crippen molar-refractivity contribution in [3.63, 3.8) is 0 Å². The lowest BCUT2D eigenvalue weighted by atomic mass is 10.1. The van der Waals surface area contributed by atoms with E-state index in [0.29, 0.717) is 0 Å². The normalized spacial score (nSPS) is 8.54. The highest BCUT2D eigenvalue weighted by molar-refractivity contribution is 5.21. The Morgan fingerprint density at radius 3 is 2.15 bits per heavy atom. The molecule has 0 bridgehead atoms. The lowest BCUT2D eigenvalue weighted by molar-refractivity contribution is 1.00. The van der Waals surface area contributed by atoms with Crippen molar-refractivity contribution < 1.29 is 0 Å². The van der Waals surface area contributed by atoms with Gasteiger partial charge in [-0.05, 0) is 25.3 Å². The summed E-state index contributed by atoms with van der Waals surface area (Å²) in [6.45, 7) is 9.80. The Kier molecular flexibility index (Phi) is 6.99. The van der Waals surface area contributed by atoms with Crippen molar-refractivity contribution in [2.24, 2.45) is 0 Å². The highest BCUT2D eigenvalue weighted by atomic mass is 13.9. The van der Waals surface area contributed by atoms with E-state index in [1.807, 2.05) is 19.9 Å². The van der Waals surface area contributed by atoms with Crippen LogP contribution in [0.25, 0.3) is 0 Å². The SMILES string of the molecule is C=CCCc1ccc(C)cc1.CC. The summed E-state index contributed by atoms with van der Waals surface area (Å²) in [5.74, 6) is 0. The molecule has 0 heteroatoms. The van der Waals surface area contributed by atoms with Crippen LogP contribution in [-0.2, 0) is 6.42 Å². The van der Waals surface area contributed by atoms with Crippen LogP contribution in [0.1, 0.15) is 31.4 Å². The van der Waals surface area contributed by atoms with Crippen LogP contribution in [0.2, 0.25) is 0 Å². The maximum absolute atomic E-state index is 3.69. The molecule has 0 aliphatic heterocycles. The van der Waals surface area contributed by atoms with Gasteiger partial charge >= 0.3 is 0 Å². The number of hydrogen-bond donors (Lipinski definition) is 0. The molecule has 0 unspecified atom stereocenters. The Labute approximate surface area is 82.3 Å². The van der Waals surface area contributed by atoms with Crippen LogP contribution in [0.15, 0.2) is 36.9 Å². The van der Waals surface area contributed by atoms with E-state index < -0.39 is 0 Å². The van der Waals surface area contributed by atoms with Crippen molar-refractivity contribution in [2.75, 3.05) is 0 Å². The van der Waals surface area contributed by atoms with Gasteiger partial charge in [0.25, 0.3) is 0 Å². The van der Waals surface area contributed by atoms with Crippen LogP contribution in [-0.4, -0.2) is 0 Å². The fourth-order valence-electron chi connectivity index (χ4n) is 1.02. The first-order chi connectivity index (χ1) is 6.33. The smallest absolute Gasteiger partial charge is 0.0244 e. The maximum atomic E-state index is 3.69. The van der Waals surface area contributed by atoms with E-state index >= 15 is 0 Å². The lowest BCUT2D eigenvalue weighted by Crippen LogP contribution is -1.82. The largest absolute Gasteiger partial charge is 0.103 e. The Bertz CT molecular complexity index is 218. The number of allylic oxidation sites excluding steroid dienone is 1. The van der Waals surface area contributed by atoms with Crippen LogP contribution < -0.4 is 0 Å². The summed E-state index contributed by atoms with van der Waals surface area (Å²) in [6.07, 6.45) is 4.15. The van der Waals surface area contributed by atoms with Gasteiger partial charge in [-0.25, -0.2) is 0 Å². The first kappa shape index (κ1) is 12.0. The summed E-state index contributed by atoms with van der Waals surface area (Å²) < 4.78 is 0. The van der Waals surface area contributed by atoms with E-state index in [0.717, 1.165) is 12.8 Å². The molecule has 0 fully saturated rings.